The fourth-order valence-electron chi connectivity index (χ4n) is 2.76. The van der Waals surface area contributed by atoms with Crippen LogP contribution in [0.2, 0.25) is 5.02 Å². The molecule has 3 aromatic rings. The van der Waals surface area contributed by atoms with Crippen molar-refractivity contribution in [1.29, 1.82) is 5.41 Å². The molecule has 134 valence electrons. The van der Waals surface area contributed by atoms with E-state index in [1.165, 1.54) is 0 Å². The second-order valence-corrected chi connectivity index (χ2v) is 6.35. The van der Waals surface area contributed by atoms with Gasteiger partial charge in [0.05, 0.1) is 18.8 Å². The predicted molar refractivity (Wildman–Crippen MR) is 102 cm³/mol. The Morgan fingerprint density at radius 2 is 1.77 bits per heavy atom. The van der Waals surface area contributed by atoms with Crippen molar-refractivity contribution in [2.45, 2.75) is 13.5 Å². The Morgan fingerprint density at radius 1 is 1.12 bits per heavy atom. The molecule has 0 aliphatic heterocycles. The van der Waals surface area contributed by atoms with Gasteiger partial charge in [-0.15, -0.1) is 0 Å². The van der Waals surface area contributed by atoms with E-state index in [1.807, 2.05) is 44.4 Å². The van der Waals surface area contributed by atoms with E-state index in [4.69, 9.17) is 21.7 Å². The van der Waals surface area contributed by atoms with Crippen molar-refractivity contribution < 1.29 is 9.53 Å². The van der Waals surface area contributed by atoms with E-state index < -0.39 is 0 Å². The lowest BCUT2D eigenvalue weighted by atomic mass is 10.1. The maximum Gasteiger partial charge on any atom is 0.202 e. The number of halogens is 1. The number of nitrogens with zero attached hydrogens (tertiary/aromatic N) is 2. The average Bonchev–Trinajstić information content (AvgIpc) is 2.92. The topological polar surface area (TPSA) is 60.0 Å². The number of aromatic nitrogens is 2. The summed E-state index contributed by atoms with van der Waals surface area (Å²) in [7, 11) is 1.82. The number of carbonyl (C=O) groups is 1. The van der Waals surface area contributed by atoms with Gasteiger partial charge in [-0.3, -0.25) is 10.2 Å². The first kappa shape index (κ1) is 18.0. The zero-order chi connectivity index (χ0) is 18.7. The molecular weight excluding hydrogens is 350 g/mol. The van der Waals surface area contributed by atoms with Crippen LogP contribution in [0.15, 0.2) is 54.7 Å². The maximum atomic E-state index is 12.5. The largest absolute Gasteiger partial charge is 0.494 e. The highest BCUT2D eigenvalue weighted by Gasteiger charge is 2.12. The number of benzene rings is 2. The standard InChI is InChI=1S/C20H20ClN3O2/c1-3-26-17-10-6-14(7-11-17)18-12-24(20(22)23(18)2)13-19(25)15-4-8-16(21)9-5-15/h4-12,22H,3,13H2,1-2H3. The van der Waals surface area contributed by atoms with Crippen LogP contribution in [0.4, 0.5) is 0 Å². The Kier molecular flexibility index (Phi) is 5.28. The van der Waals surface area contributed by atoms with Crippen LogP contribution in [-0.4, -0.2) is 21.5 Å². The van der Waals surface area contributed by atoms with Crippen LogP contribution in [0.25, 0.3) is 11.3 Å². The van der Waals surface area contributed by atoms with E-state index in [1.54, 1.807) is 33.4 Å². The minimum absolute atomic E-state index is 0.0657. The van der Waals surface area contributed by atoms with Crippen molar-refractivity contribution in [1.82, 2.24) is 9.13 Å². The first-order chi connectivity index (χ1) is 12.5. The number of rotatable bonds is 6. The molecule has 0 saturated carbocycles. The molecule has 6 heteroatoms. The fourth-order valence-corrected chi connectivity index (χ4v) is 2.89. The highest BCUT2D eigenvalue weighted by Crippen LogP contribution is 2.21. The van der Waals surface area contributed by atoms with E-state index in [2.05, 4.69) is 0 Å². The Hall–Kier alpha value is -2.79. The second-order valence-electron chi connectivity index (χ2n) is 5.91. The van der Waals surface area contributed by atoms with E-state index in [9.17, 15) is 4.79 Å². The number of ketones is 1. The molecular formula is C20H20ClN3O2. The highest BCUT2D eigenvalue weighted by atomic mass is 35.5. The summed E-state index contributed by atoms with van der Waals surface area (Å²) >= 11 is 5.87. The molecule has 2 aromatic carbocycles. The first-order valence-corrected chi connectivity index (χ1v) is 8.70. The van der Waals surface area contributed by atoms with Crippen LogP contribution in [-0.2, 0) is 13.6 Å². The molecule has 0 saturated heterocycles. The van der Waals surface area contributed by atoms with Gasteiger partial charge in [-0.1, -0.05) is 11.6 Å². The van der Waals surface area contributed by atoms with Crippen molar-refractivity contribution in [3.8, 4) is 17.0 Å². The van der Waals surface area contributed by atoms with Gasteiger partial charge in [0.25, 0.3) is 0 Å². The van der Waals surface area contributed by atoms with Gasteiger partial charge in [0, 0.05) is 23.8 Å². The summed E-state index contributed by atoms with van der Waals surface area (Å²) in [6, 6.07) is 14.5. The molecule has 1 aromatic heterocycles. The van der Waals surface area contributed by atoms with Gasteiger partial charge < -0.3 is 13.9 Å². The molecule has 0 spiro atoms. The summed E-state index contributed by atoms with van der Waals surface area (Å²) in [5.41, 5.74) is 2.66. The monoisotopic (exact) mass is 369 g/mol. The molecule has 3 rings (SSSR count). The fraction of sp³-hybridized carbons (Fsp3) is 0.200. The molecule has 1 heterocycles. The van der Waals surface area contributed by atoms with E-state index >= 15 is 0 Å². The Morgan fingerprint density at radius 3 is 2.38 bits per heavy atom. The third kappa shape index (κ3) is 3.73. The van der Waals surface area contributed by atoms with Crippen molar-refractivity contribution in [3.05, 3.63) is 70.9 Å². The lowest BCUT2D eigenvalue weighted by molar-refractivity contribution is 0.0970. The third-order valence-electron chi connectivity index (χ3n) is 4.17. The predicted octanol–water partition coefficient (Wildman–Crippen LogP) is 3.91. The second kappa shape index (κ2) is 7.62. The van der Waals surface area contributed by atoms with Gasteiger partial charge in [-0.2, -0.15) is 0 Å². The molecule has 0 aliphatic carbocycles. The summed E-state index contributed by atoms with van der Waals surface area (Å²) in [5, 5.41) is 8.88. The number of Topliss-reactive ketones (excluding diaryl/α,β-unsaturated/α-hetero) is 1. The van der Waals surface area contributed by atoms with Gasteiger partial charge >= 0.3 is 0 Å². The first-order valence-electron chi connectivity index (χ1n) is 8.32. The molecule has 0 atom stereocenters. The van der Waals surface area contributed by atoms with Crippen LogP contribution in [0.3, 0.4) is 0 Å². The lowest BCUT2D eigenvalue weighted by Gasteiger charge is -2.05. The lowest BCUT2D eigenvalue weighted by Crippen LogP contribution is -2.25. The molecule has 5 nitrogen and oxygen atoms in total. The number of carbonyl (C=O) groups excluding carboxylic acids is 1. The van der Waals surface area contributed by atoms with E-state index in [0.717, 1.165) is 17.0 Å². The number of ether oxygens (including phenoxy) is 1. The highest BCUT2D eigenvalue weighted by molar-refractivity contribution is 6.30. The summed E-state index contributed by atoms with van der Waals surface area (Å²) in [5.74, 6) is 0.742. The van der Waals surface area contributed by atoms with Crippen LogP contribution >= 0.6 is 11.6 Å². The number of hydrogen-bond acceptors (Lipinski definition) is 3. The van der Waals surface area contributed by atoms with Crippen molar-refractivity contribution >= 4 is 17.4 Å². The number of nitrogens with one attached hydrogen (secondary N) is 1. The van der Waals surface area contributed by atoms with Crippen LogP contribution in [0, 0.1) is 5.41 Å². The molecule has 0 unspecified atom stereocenters. The van der Waals surface area contributed by atoms with Gasteiger partial charge in [-0.05, 0) is 61.0 Å². The molecule has 0 aliphatic rings. The molecule has 26 heavy (non-hydrogen) atoms. The summed E-state index contributed by atoms with van der Waals surface area (Å²) in [6.07, 6.45) is 1.83. The quantitative estimate of drug-likeness (QED) is 0.670. The van der Waals surface area contributed by atoms with Crippen LogP contribution in [0.1, 0.15) is 17.3 Å². The Balaban J connectivity index is 1.86. The number of hydrogen-bond donors (Lipinski definition) is 1. The van der Waals surface area contributed by atoms with Gasteiger partial charge in [0.2, 0.25) is 5.62 Å². The van der Waals surface area contributed by atoms with Crippen LogP contribution in [0.5, 0.6) is 5.75 Å². The molecule has 0 bridgehead atoms. The normalized spacial score (nSPS) is 10.7. The zero-order valence-electron chi connectivity index (χ0n) is 14.7. The minimum atomic E-state index is -0.0657. The van der Waals surface area contributed by atoms with Gasteiger partial charge in [0.1, 0.15) is 5.75 Å². The smallest absolute Gasteiger partial charge is 0.202 e. The average molecular weight is 370 g/mol. The maximum absolute atomic E-state index is 12.5. The Bertz CT molecular complexity index is 970. The molecule has 0 fully saturated rings. The summed E-state index contributed by atoms with van der Waals surface area (Å²) in [4.78, 5) is 12.5. The molecule has 1 N–H and O–H groups in total. The van der Waals surface area contributed by atoms with Crippen molar-refractivity contribution in [3.63, 3.8) is 0 Å². The minimum Gasteiger partial charge on any atom is -0.494 e. The molecule has 0 radical (unpaired) electrons. The number of imidazole rings is 1. The molecule has 0 amide bonds. The van der Waals surface area contributed by atoms with E-state index in [0.29, 0.717) is 17.2 Å². The third-order valence-corrected chi connectivity index (χ3v) is 4.42. The van der Waals surface area contributed by atoms with Crippen LogP contribution < -0.4 is 10.4 Å². The summed E-state index contributed by atoms with van der Waals surface area (Å²) in [6.45, 7) is 2.66. The zero-order valence-corrected chi connectivity index (χ0v) is 15.5. The van der Waals surface area contributed by atoms with Gasteiger partial charge in [-0.25, -0.2) is 0 Å². The van der Waals surface area contributed by atoms with E-state index in [-0.39, 0.29) is 17.9 Å². The Labute approximate surface area is 156 Å². The summed E-state index contributed by atoms with van der Waals surface area (Å²) < 4.78 is 8.86. The van der Waals surface area contributed by atoms with Gasteiger partial charge in [0.15, 0.2) is 5.78 Å². The van der Waals surface area contributed by atoms with Crippen molar-refractivity contribution in [2.24, 2.45) is 7.05 Å². The van der Waals surface area contributed by atoms with Crippen molar-refractivity contribution in [2.75, 3.05) is 6.61 Å². The SMILES string of the molecule is CCOc1ccc(-c2cn(CC(=O)c3ccc(Cl)cc3)c(=N)n2C)cc1.